The summed E-state index contributed by atoms with van der Waals surface area (Å²) in [7, 11) is 0. The fourth-order valence-corrected chi connectivity index (χ4v) is 3.96. The number of aromatic amines is 1. The summed E-state index contributed by atoms with van der Waals surface area (Å²) in [5.41, 5.74) is 3.51. The molecule has 4 aromatic rings. The van der Waals surface area contributed by atoms with E-state index in [9.17, 15) is 4.79 Å². The molecular weight excluding hydrogens is 418 g/mol. The monoisotopic (exact) mass is 443 g/mol. The van der Waals surface area contributed by atoms with E-state index in [2.05, 4.69) is 20.3 Å². The zero-order chi connectivity index (χ0) is 22.8. The Morgan fingerprint density at radius 1 is 1.15 bits per heavy atom. The first-order valence-corrected chi connectivity index (χ1v) is 11.0. The van der Waals surface area contributed by atoms with Crippen molar-refractivity contribution in [3.05, 3.63) is 72.1 Å². The summed E-state index contributed by atoms with van der Waals surface area (Å²) >= 11 is 0. The van der Waals surface area contributed by atoms with Crippen LogP contribution in [0.4, 0.5) is 0 Å². The summed E-state index contributed by atoms with van der Waals surface area (Å²) < 4.78 is 11.2. The lowest BCUT2D eigenvalue weighted by molar-refractivity contribution is -0.128. The Morgan fingerprint density at radius 3 is 2.70 bits per heavy atom. The van der Waals surface area contributed by atoms with Crippen LogP contribution in [0.5, 0.6) is 5.75 Å². The Hall–Kier alpha value is -3.94. The van der Waals surface area contributed by atoms with Gasteiger partial charge in [0.15, 0.2) is 5.82 Å². The van der Waals surface area contributed by atoms with E-state index in [1.807, 2.05) is 79.4 Å². The molecule has 2 aromatic heterocycles. The highest BCUT2D eigenvalue weighted by atomic mass is 16.5. The van der Waals surface area contributed by atoms with Crippen LogP contribution in [0.15, 0.2) is 65.2 Å². The number of carbonyl (C=O) groups is 1. The zero-order valence-electron chi connectivity index (χ0n) is 18.6. The highest BCUT2D eigenvalue weighted by Crippen LogP contribution is 2.30. The van der Waals surface area contributed by atoms with E-state index in [4.69, 9.17) is 9.26 Å². The first kappa shape index (κ1) is 20.9. The Balaban J connectivity index is 1.24. The fraction of sp³-hybridized carbons (Fsp3) is 0.280. The van der Waals surface area contributed by atoms with Gasteiger partial charge in [-0.15, -0.1) is 0 Å². The Bertz CT molecular complexity index is 1230. The summed E-state index contributed by atoms with van der Waals surface area (Å²) in [5, 5.41) is 11.4. The molecule has 3 heterocycles. The Morgan fingerprint density at radius 2 is 1.94 bits per heavy atom. The van der Waals surface area contributed by atoms with Crippen molar-refractivity contribution in [3.63, 3.8) is 0 Å². The van der Waals surface area contributed by atoms with Gasteiger partial charge in [0.2, 0.25) is 5.91 Å². The fourth-order valence-electron chi connectivity index (χ4n) is 3.96. The summed E-state index contributed by atoms with van der Waals surface area (Å²) in [5.74, 6) is 1.72. The maximum absolute atomic E-state index is 12.6. The van der Waals surface area contributed by atoms with Crippen LogP contribution < -0.4 is 4.74 Å². The van der Waals surface area contributed by atoms with Gasteiger partial charge in [0, 0.05) is 31.0 Å². The van der Waals surface area contributed by atoms with E-state index in [0.717, 1.165) is 22.6 Å². The number of likely N-dealkylation sites (tertiary alicyclic amines) is 1. The number of hydrogen-bond donors (Lipinski definition) is 1. The second kappa shape index (κ2) is 8.90. The Kier molecular flexibility index (Phi) is 5.64. The number of benzene rings is 2. The third-order valence-corrected chi connectivity index (χ3v) is 5.57. The van der Waals surface area contributed by atoms with E-state index in [1.54, 1.807) is 0 Å². The third-order valence-electron chi connectivity index (χ3n) is 5.57. The number of H-pyrrole nitrogens is 1. The predicted octanol–water partition coefficient (Wildman–Crippen LogP) is 4.43. The van der Waals surface area contributed by atoms with Crippen molar-refractivity contribution in [1.29, 1.82) is 0 Å². The van der Waals surface area contributed by atoms with Gasteiger partial charge in [0.1, 0.15) is 11.4 Å². The number of rotatable bonds is 7. The van der Waals surface area contributed by atoms with Crippen LogP contribution in [0.25, 0.3) is 22.8 Å². The highest BCUT2D eigenvalue weighted by molar-refractivity contribution is 5.79. The van der Waals surface area contributed by atoms with Crippen LogP contribution in [-0.2, 0) is 11.3 Å². The minimum atomic E-state index is -0.102. The molecule has 0 radical (unpaired) electrons. The molecule has 2 aromatic carbocycles. The van der Waals surface area contributed by atoms with Crippen LogP contribution in [0.2, 0.25) is 0 Å². The summed E-state index contributed by atoms with van der Waals surface area (Å²) in [6.07, 6.45) is 0.495. The van der Waals surface area contributed by atoms with E-state index in [1.165, 1.54) is 0 Å². The molecule has 8 heteroatoms. The van der Waals surface area contributed by atoms with Crippen LogP contribution in [-0.4, -0.2) is 43.8 Å². The molecule has 5 rings (SSSR count). The summed E-state index contributed by atoms with van der Waals surface area (Å²) in [6.45, 7) is 5.09. The molecule has 0 bridgehead atoms. The molecule has 1 fully saturated rings. The number of nitrogens with one attached hydrogen (secondary N) is 1. The molecule has 1 aliphatic rings. The molecule has 168 valence electrons. The topological polar surface area (TPSA) is 97.1 Å². The molecular formula is C25H25N5O3. The maximum atomic E-state index is 12.6. The lowest BCUT2D eigenvalue weighted by Gasteiger charge is -2.17. The molecule has 1 atom stereocenters. The van der Waals surface area contributed by atoms with Gasteiger partial charge in [-0.25, -0.2) is 0 Å². The van der Waals surface area contributed by atoms with Crippen molar-refractivity contribution in [2.45, 2.75) is 38.8 Å². The van der Waals surface area contributed by atoms with Gasteiger partial charge in [0.05, 0.1) is 11.8 Å². The number of carbonyl (C=O) groups excluding carboxylic acids is 1. The van der Waals surface area contributed by atoms with Gasteiger partial charge in [-0.3, -0.25) is 9.89 Å². The van der Waals surface area contributed by atoms with Gasteiger partial charge in [0.25, 0.3) is 5.89 Å². The number of aromatic nitrogens is 4. The van der Waals surface area contributed by atoms with Crippen LogP contribution in [0.3, 0.4) is 0 Å². The molecule has 1 amide bonds. The van der Waals surface area contributed by atoms with Crippen molar-refractivity contribution >= 4 is 5.91 Å². The minimum Gasteiger partial charge on any atom is -0.491 e. The SMILES string of the molecule is CC(C)Oc1ccc(CN2CC(c3noc(-c4cc(-c5ccccc5)n[nH]4)n3)CC2=O)cc1. The molecule has 0 aliphatic carbocycles. The number of ether oxygens (including phenoxy) is 1. The first-order valence-electron chi connectivity index (χ1n) is 11.0. The molecule has 0 saturated carbocycles. The van der Waals surface area contributed by atoms with Gasteiger partial charge in [-0.1, -0.05) is 47.6 Å². The molecule has 1 unspecified atom stereocenters. The molecule has 8 nitrogen and oxygen atoms in total. The maximum Gasteiger partial charge on any atom is 0.275 e. The number of nitrogens with zero attached hydrogens (tertiary/aromatic N) is 4. The minimum absolute atomic E-state index is 0.0850. The number of hydrogen-bond acceptors (Lipinski definition) is 6. The van der Waals surface area contributed by atoms with E-state index < -0.39 is 0 Å². The van der Waals surface area contributed by atoms with Crippen LogP contribution >= 0.6 is 0 Å². The largest absolute Gasteiger partial charge is 0.491 e. The normalized spacial score (nSPS) is 16.0. The molecule has 1 aliphatic heterocycles. The van der Waals surface area contributed by atoms with Crippen LogP contribution in [0, 0.1) is 0 Å². The standard InChI is InChI=1S/C25H25N5O3/c1-16(2)32-20-10-8-17(9-11-20)14-30-15-19(12-23(30)31)24-26-25(33-29-24)22-13-21(27-28-22)18-6-4-3-5-7-18/h3-11,13,16,19H,12,14-15H2,1-2H3,(H,27,28). The van der Waals surface area contributed by atoms with Crippen molar-refractivity contribution in [1.82, 2.24) is 25.2 Å². The highest BCUT2D eigenvalue weighted by Gasteiger charge is 2.34. The van der Waals surface area contributed by atoms with Gasteiger partial charge >= 0.3 is 0 Å². The average Bonchev–Trinajstić information content (AvgIpc) is 3.55. The second-order valence-corrected chi connectivity index (χ2v) is 8.48. The van der Waals surface area contributed by atoms with Crippen molar-refractivity contribution in [3.8, 4) is 28.6 Å². The zero-order valence-corrected chi connectivity index (χ0v) is 18.6. The van der Waals surface area contributed by atoms with Crippen molar-refractivity contribution in [2.24, 2.45) is 0 Å². The Labute approximate surface area is 191 Å². The van der Waals surface area contributed by atoms with Crippen LogP contribution in [0.1, 0.15) is 37.6 Å². The van der Waals surface area contributed by atoms with E-state index in [0.29, 0.717) is 36.9 Å². The van der Waals surface area contributed by atoms with Gasteiger partial charge in [-0.05, 0) is 37.6 Å². The summed E-state index contributed by atoms with van der Waals surface area (Å²) in [4.78, 5) is 19.0. The van der Waals surface area contributed by atoms with Gasteiger partial charge in [-0.2, -0.15) is 10.1 Å². The van der Waals surface area contributed by atoms with E-state index in [-0.39, 0.29) is 17.9 Å². The summed E-state index contributed by atoms with van der Waals surface area (Å²) in [6, 6.07) is 19.6. The smallest absolute Gasteiger partial charge is 0.275 e. The van der Waals surface area contributed by atoms with Crippen molar-refractivity contribution < 1.29 is 14.1 Å². The molecule has 0 spiro atoms. The lowest BCUT2D eigenvalue weighted by Crippen LogP contribution is -2.24. The van der Waals surface area contributed by atoms with Gasteiger partial charge < -0.3 is 14.2 Å². The molecule has 1 N–H and O–H groups in total. The number of amides is 1. The molecule has 1 saturated heterocycles. The quantitative estimate of drug-likeness (QED) is 0.454. The molecule has 33 heavy (non-hydrogen) atoms. The average molecular weight is 444 g/mol. The second-order valence-electron chi connectivity index (χ2n) is 8.48. The lowest BCUT2D eigenvalue weighted by atomic mass is 10.1. The predicted molar refractivity (Wildman–Crippen MR) is 122 cm³/mol. The third kappa shape index (κ3) is 4.64. The first-order chi connectivity index (χ1) is 16.0. The van der Waals surface area contributed by atoms with Crippen molar-refractivity contribution in [2.75, 3.05) is 6.54 Å². The van der Waals surface area contributed by atoms with E-state index >= 15 is 0 Å².